The number of rotatable bonds is 10. The molecule has 1 rings (SSSR count). The summed E-state index contributed by atoms with van der Waals surface area (Å²) in [5.41, 5.74) is 2.68. The van der Waals surface area contributed by atoms with E-state index in [9.17, 15) is 19.2 Å². The van der Waals surface area contributed by atoms with E-state index in [0.717, 1.165) is 0 Å². The smallest absolute Gasteiger partial charge is 0.322 e. The summed E-state index contributed by atoms with van der Waals surface area (Å²) in [6.07, 6.45) is 4.11. The van der Waals surface area contributed by atoms with Crippen LogP contribution in [0.4, 0.5) is 0 Å². The van der Waals surface area contributed by atoms with Crippen molar-refractivity contribution >= 4 is 23.7 Å². The lowest BCUT2D eigenvalue weighted by molar-refractivity contribution is -0.148. The number of carboxylic acid groups (broad SMARTS) is 1. The van der Waals surface area contributed by atoms with E-state index in [2.05, 4.69) is 16.1 Å². The standard InChI is InChI=1S/C21H36N4O6/c1-7-9-16(31-6)13(4)18(26)23-17(12(2)3)19(27)22-14(5)20(28)25-11-8-10-15(24-25)21(29)30/h7,9,12-17,24H,8,10-11H2,1-6H3,(H,22,27)(H,23,26)(H,29,30)/b9-7+/t13-,14+,15+,16?,17+/m1/s1. The van der Waals surface area contributed by atoms with E-state index in [-0.39, 0.29) is 11.8 Å². The van der Waals surface area contributed by atoms with Gasteiger partial charge in [0.2, 0.25) is 11.8 Å². The van der Waals surface area contributed by atoms with E-state index in [4.69, 9.17) is 9.84 Å². The van der Waals surface area contributed by atoms with Crippen LogP contribution in [0.2, 0.25) is 0 Å². The Bertz CT molecular complexity index is 681. The van der Waals surface area contributed by atoms with Crippen molar-refractivity contribution in [2.75, 3.05) is 13.7 Å². The number of allylic oxidation sites excluding steroid dienone is 1. The first-order chi connectivity index (χ1) is 14.5. The Morgan fingerprint density at radius 3 is 2.29 bits per heavy atom. The molecule has 1 aliphatic rings. The summed E-state index contributed by atoms with van der Waals surface area (Å²) in [7, 11) is 1.51. The zero-order valence-electron chi connectivity index (χ0n) is 19.2. The molecule has 0 saturated carbocycles. The number of carbonyl (C=O) groups is 4. The highest BCUT2D eigenvalue weighted by Crippen LogP contribution is 2.12. The van der Waals surface area contributed by atoms with E-state index < -0.39 is 47.9 Å². The van der Waals surface area contributed by atoms with Crippen LogP contribution in [0.5, 0.6) is 0 Å². The molecule has 0 aromatic heterocycles. The van der Waals surface area contributed by atoms with Crippen LogP contribution in [0.3, 0.4) is 0 Å². The molecule has 1 fully saturated rings. The number of nitrogens with one attached hydrogen (secondary N) is 3. The molecule has 176 valence electrons. The zero-order chi connectivity index (χ0) is 23.7. The van der Waals surface area contributed by atoms with Crippen molar-refractivity contribution in [3.8, 4) is 0 Å². The summed E-state index contributed by atoms with van der Waals surface area (Å²) >= 11 is 0. The van der Waals surface area contributed by atoms with Crippen molar-refractivity contribution in [2.24, 2.45) is 11.8 Å². The third kappa shape index (κ3) is 7.62. The number of hydrogen-bond acceptors (Lipinski definition) is 6. The average Bonchev–Trinajstić information content (AvgIpc) is 2.74. The highest BCUT2D eigenvalue weighted by atomic mass is 16.5. The minimum Gasteiger partial charge on any atom is -0.480 e. The number of carboxylic acids is 1. The number of hydrogen-bond donors (Lipinski definition) is 4. The number of ether oxygens (including phenoxy) is 1. The normalized spacial score (nSPS) is 20.7. The molecule has 0 aliphatic carbocycles. The predicted octanol–water partition coefficient (Wildman–Crippen LogP) is 0.439. The Morgan fingerprint density at radius 1 is 1.13 bits per heavy atom. The molecule has 10 heteroatoms. The number of amides is 3. The molecule has 31 heavy (non-hydrogen) atoms. The SMILES string of the molecule is C/C=C/C(OC)[C@@H](C)C(=O)N[C@H](C(=O)N[C@@H](C)C(=O)N1CCC[C@@H](C(=O)O)N1)C(C)C. The summed E-state index contributed by atoms with van der Waals surface area (Å²) in [6.45, 7) is 9.02. The van der Waals surface area contributed by atoms with Gasteiger partial charge in [-0.1, -0.05) is 32.9 Å². The fourth-order valence-corrected chi connectivity index (χ4v) is 3.33. The molecule has 4 N–H and O–H groups in total. The molecule has 0 aromatic rings. The first-order valence-corrected chi connectivity index (χ1v) is 10.6. The van der Waals surface area contributed by atoms with Crippen molar-refractivity contribution in [2.45, 2.75) is 71.7 Å². The molecular formula is C21H36N4O6. The van der Waals surface area contributed by atoms with Crippen LogP contribution in [0, 0.1) is 11.8 Å². The van der Waals surface area contributed by atoms with Gasteiger partial charge in [-0.05, 0) is 32.6 Å². The lowest BCUT2D eigenvalue weighted by Crippen LogP contribution is -2.61. The number of methoxy groups -OCH3 is 1. The van der Waals surface area contributed by atoms with E-state index in [1.165, 1.54) is 19.0 Å². The van der Waals surface area contributed by atoms with Crippen LogP contribution in [0.1, 0.15) is 47.5 Å². The molecule has 0 spiro atoms. The summed E-state index contributed by atoms with van der Waals surface area (Å²) in [5, 5.41) is 15.8. The van der Waals surface area contributed by atoms with Crippen LogP contribution in [0.25, 0.3) is 0 Å². The lowest BCUT2D eigenvalue weighted by atomic mass is 9.99. The summed E-state index contributed by atoms with van der Waals surface area (Å²) in [4.78, 5) is 49.3. The Balaban J connectivity index is 2.77. The van der Waals surface area contributed by atoms with Gasteiger partial charge in [0.1, 0.15) is 18.1 Å². The van der Waals surface area contributed by atoms with Crippen LogP contribution >= 0.6 is 0 Å². The van der Waals surface area contributed by atoms with Crippen molar-refractivity contribution in [1.82, 2.24) is 21.1 Å². The van der Waals surface area contributed by atoms with Gasteiger partial charge in [-0.15, -0.1) is 0 Å². The first-order valence-electron chi connectivity index (χ1n) is 10.6. The van der Waals surface area contributed by atoms with Crippen molar-refractivity contribution in [1.29, 1.82) is 0 Å². The molecule has 1 heterocycles. The van der Waals surface area contributed by atoms with E-state index >= 15 is 0 Å². The molecule has 3 amide bonds. The number of aliphatic carboxylic acids is 1. The Hall–Kier alpha value is -2.46. The summed E-state index contributed by atoms with van der Waals surface area (Å²) in [6, 6.07) is -2.57. The van der Waals surface area contributed by atoms with Gasteiger partial charge in [0.15, 0.2) is 0 Å². The van der Waals surface area contributed by atoms with Gasteiger partial charge in [0.05, 0.1) is 12.0 Å². The largest absolute Gasteiger partial charge is 0.480 e. The fraction of sp³-hybridized carbons (Fsp3) is 0.714. The monoisotopic (exact) mass is 440 g/mol. The van der Waals surface area contributed by atoms with E-state index in [1.54, 1.807) is 32.9 Å². The molecule has 0 aromatic carbocycles. The predicted molar refractivity (Wildman–Crippen MR) is 115 cm³/mol. The van der Waals surface area contributed by atoms with Gasteiger partial charge in [0, 0.05) is 13.7 Å². The second kappa shape index (κ2) is 12.4. The second-order valence-electron chi connectivity index (χ2n) is 8.13. The average molecular weight is 441 g/mol. The van der Waals surface area contributed by atoms with Gasteiger partial charge in [-0.2, -0.15) is 0 Å². The summed E-state index contributed by atoms with van der Waals surface area (Å²) < 4.78 is 5.32. The number of hydrazine groups is 1. The minimum atomic E-state index is -1.03. The highest BCUT2D eigenvalue weighted by molar-refractivity contribution is 5.92. The molecule has 0 radical (unpaired) electrons. The van der Waals surface area contributed by atoms with E-state index in [0.29, 0.717) is 19.4 Å². The van der Waals surface area contributed by atoms with Gasteiger partial charge < -0.3 is 20.5 Å². The van der Waals surface area contributed by atoms with Crippen LogP contribution < -0.4 is 16.1 Å². The van der Waals surface area contributed by atoms with Crippen molar-refractivity contribution < 1.29 is 29.0 Å². The van der Waals surface area contributed by atoms with E-state index in [1.807, 2.05) is 6.92 Å². The van der Waals surface area contributed by atoms with Crippen LogP contribution in [0.15, 0.2) is 12.2 Å². The Labute approximate surface area is 183 Å². The second-order valence-corrected chi connectivity index (χ2v) is 8.13. The molecule has 1 aliphatic heterocycles. The maximum absolute atomic E-state index is 12.8. The van der Waals surface area contributed by atoms with Gasteiger partial charge in [-0.25, -0.2) is 5.43 Å². The minimum absolute atomic E-state index is 0.217. The van der Waals surface area contributed by atoms with Crippen LogP contribution in [-0.2, 0) is 23.9 Å². The molecular weight excluding hydrogens is 404 g/mol. The topological polar surface area (TPSA) is 137 Å². The fourth-order valence-electron chi connectivity index (χ4n) is 3.33. The van der Waals surface area contributed by atoms with Gasteiger partial charge >= 0.3 is 5.97 Å². The maximum Gasteiger partial charge on any atom is 0.322 e. The quantitative estimate of drug-likeness (QED) is 0.362. The Morgan fingerprint density at radius 2 is 1.77 bits per heavy atom. The molecule has 1 unspecified atom stereocenters. The van der Waals surface area contributed by atoms with Crippen molar-refractivity contribution in [3.63, 3.8) is 0 Å². The molecule has 1 saturated heterocycles. The Kier molecular flexibility index (Phi) is 10.6. The first kappa shape index (κ1) is 26.6. The molecule has 0 bridgehead atoms. The number of carbonyl (C=O) groups excluding carboxylic acids is 3. The third-order valence-corrected chi connectivity index (χ3v) is 5.29. The molecule has 10 nitrogen and oxygen atoms in total. The van der Waals surface area contributed by atoms with Gasteiger partial charge in [0.25, 0.3) is 5.91 Å². The van der Waals surface area contributed by atoms with Crippen molar-refractivity contribution in [3.05, 3.63) is 12.2 Å². The summed E-state index contributed by atoms with van der Waals surface area (Å²) in [5.74, 6) is -3.01. The zero-order valence-corrected chi connectivity index (χ0v) is 19.2. The molecule has 5 atom stereocenters. The third-order valence-electron chi connectivity index (χ3n) is 5.29. The maximum atomic E-state index is 12.8. The lowest BCUT2D eigenvalue weighted by Gasteiger charge is -2.34. The highest BCUT2D eigenvalue weighted by Gasteiger charge is 2.33. The van der Waals surface area contributed by atoms with Crippen LogP contribution in [-0.4, -0.2) is 71.7 Å². The number of nitrogens with zero attached hydrogens (tertiary/aromatic N) is 1. The van der Waals surface area contributed by atoms with Gasteiger partial charge in [-0.3, -0.25) is 24.2 Å².